The summed E-state index contributed by atoms with van der Waals surface area (Å²) in [6, 6.07) is 4.65. The molecule has 0 aliphatic carbocycles. The minimum atomic E-state index is 0.0819. The van der Waals surface area contributed by atoms with Crippen molar-refractivity contribution in [3.8, 4) is 0 Å². The van der Waals surface area contributed by atoms with Gasteiger partial charge in [-0.25, -0.2) is 0 Å². The number of nitrogens with one attached hydrogen (secondary N) is 1. The summed E-state index contributed by atoms with van der Waals surface area (Å²) in [4.78, 5) is 16.1. The van der Waals surface area contributed by atoms with E-state index in [9.17, 15) is 4.79 Å². The minimum Gasteiger partial charge on any atom is -0.397 e. The van der Waals surface area contributed by atoms with Crippen molar-refractivity contribution in [1.82, 2.24) is 4.90 Å². The lowest BCUT2D eigenvalue weighted by Crippen LogP contribution is -2.31. The van der Waals surface area contributed by atoms with Crippen LogP contribution in [-0.4, -0.2) is 44.0 Å². The van der Waals surface area contributed by atoms with E-state index in [1.807, 2.05) is 6.07 Å². The number of likely N-dealkylation sites (N-methyl/N-ethyl adjacent to an activating group) is 1. The maximum Gasteiger partial charge on any atom is 0.224 e. The topological polar surface area (TPSA) is 61.6 Å². The van der Waals surface area contributed by atoms with Gasteiger partial charge in [0, 0.05) is 31.2 Å². The zero-order chi connectivity index (χ0) is 14.3. The number of nitrogens with two attached hydrogens (primary N) is 1. The Balaban J connectivity index is 1.86. The number of nitrogen functional groups attached to an aromatic ring is 1. The van der Waals surface area contributed by atoms with Gasteiger partial charge in [0.05, 0.1) is 11.4 Å². The molecule has 0 radical (unpaired) electrons. The molecule has 3 rings (SSSR count). The van der Waals surface area contributed by atoms with Crippen LogP contribution in [0.1, 0.15) is 18.4 Å². The fourth-order valence-electron chi connectivity index (χ4n) is 3.09. The van der Waals surface area contributed by atoms with Gasteiger partial charge in [-0.1, -0.05) is 0 Å². The predicted molar refractivity (Wildman–Crippen MR) is 82.1 cm³/mol. The van der Waals surface area contributed by atoms with Gasteiger partial charge in [-0.05, 0) is 44.6 Å². The van der Waals surface area contributed by atoms with Crippen LogP contribution < -0.4 is 16.0 Å². The first-order chi connectivity index (χ1) is 9.54. The Labute approximate surface area is 119 Å². The molecule has 1 aromatic carbocycles. The van der Waals surface area contributed by atoms with E-state index in [4.69, 9.17) is 5.73 Å². The molecule has 0 saturated carbocycles. The van der Waals surface area contributed by atoms with Crippen LogP contribution in [0.3, 0.4) is 0 Å². The van der Waals surface area contributed by atoms with Crippen LogP contribution in [0.25, 0.3) is 0 Å². The van der Waals surface area contributed by atoms with Crippen LogP contribution in [0.2, 0.25) is 0 Å². The van der Waals surface area contributed by atoms with E-state index in [0.29, 0.717) is 12.5 Å². The number of benzene rings is 1. The Morgan fingerprint density at radius 3 is 2.85 bits per heavy atom. The smallest absolute Gasteiger partial charge is 0.224 e. The number of nitrogens with zero attached hydrogens (tertiary/aromatic N) is 2. The first-order valence-corrected chi connectivity index (χ1v) is 7.18. The molecule has 1 unspecified atom stereocenters. The Morgan fingerprint density at radius 2 is 2.15 bits per heavy atom. The lowest BCUT2D eigenvalue weighted by Gasteiger charge is -2.26. The number of fused-ring (bicyclic) bond motifs is 1. The SMILES string of the molecule is CN(C)C1CCN(c2cc3c(cc2N)NC(=O)CC3)C1. The molecular weight excluding hydrogens is 252 g/mol. The number of carbonyl (C=O) groups is 1. The fourth-order valence-corrected chi connectivity index (χ4v) is 3.09. The van der Waals surface area contributed by atoms with Crippen molar-refractivity contribution in [1.29, 1.82) is 0 Å². The highest BCUT2D eigenvalue weighted by Crippen LogP contribution is 2.35. The maximum absolute atomic E-state index is 11.4. The molecule has 0 bridgehead atoms. The Bertz CT molecular complexity index is 541. The van der Waals surface area contributed by atoms with Gasteiger partial charge >= 0.3 is 0 Å². The second-order valence-electron chi connectivity index (χ2n) is 5.97. The normalized spacial score (nSPS) is 22.1. The second kappa shape index (κ2) is 4.98. The Morgan fingerprint density at radius 1 is 1.35 bits per heavy atom. The third-order valence-corrected chi connectivity index (χ3v) is 4.38. The summed E-state index contributed by atoms with van der Waals surface area (Å²) in [5.74, 6) is 0.0819. The molecule has 20 heavy (non-hydrogen) atoms. The number of rotatable bonds is 2. The van der Waals surface area contributed by atoms with E-state index in [0.717, 1.165) is 36.6 Å². The molecule has 5 nitrogen and oxygen atoms in total. The highest BCUT2D eigenvalue weighted by atomic mass is 16.1. The van der Waals surface area contributed by atoms with E-state index >= 15 is 0 Å². The second-order valence-corrected chi connectivity index (χ2v) is 5.97. The summed E-state index contributed by atoms with van der Waals surface area (Å²) >= 11 is 0. The number of hydrogen-bond donors (Lipinski definition) is 2. The summed E-state index contributed by atoms with van der Waals surface area (Å²) in [6.45, 7) is 2.06. The van der Waals surface area contributed by atoms with Crippen molar-refractivity contribution >= 4 is 23.0 Å². The van der Waals surface area contributed by atoms with Crippen molar-refractivity contribution in [3.05, 3.63) is 17.7 Å². The molecule has 1 saturated heterocycles. The largest absolute Gasteiger partial charge is 0.397 e. The monoisotopic (exact) mass is 274 g/mol. The first kappa shape index (κ1) is 13.2. The Kier molecular flexibility index (Phi) is 3.30. The molecule has 1 fully saturated rings. The average molecular weight is 274 g/mol. The number of hydrogen-bond acceptors (Lipinski definition) is 4. The molecule has 5 heteroatoms. The third-order valence-electron chi connectivity index (χ3n) is 4.38. The van der Waals surface area contributed by atoms with Gasteiger partial charge in [-0.15, -0.1) is 0 Å². The van der Waals surface area contributed by atoms with E-state index in [1.165, 1.54) is 12.0 Å². The van der Waals surface area contributed by atoms with E-state index in [1.54, 1.807) is 0 Å². The number of carbonyl (C=O) groups excluding carboxylic acids is 1. The van der Waals surface area contributed by atoms with Crippen molar-refractivity contribution in [2.75, 3.05) is 43.1 Å². The summed E-state index contributed by atoms with van der Waals surface area (Å²) in [5, 5.41) is 2.90. The summed E-state index contributed by atoms with van der Waals surface area (Å²) < 4.78 is 0. The van der Waals surface area contributed by atoms with Crippen molar-refractivity contribution < 1.29 is 4.79 Å². The van der Waals surface area contributed by atoms with E-state index < -0.39 is 0 Å². The summed E-state index contributed by atoms with van der Waals surface area (Å²) in [5.41, 5.74) is 10.1. The zero-order valence-electron chi connectivity index (χ0n) is 12.1. The standard InChI is InChI=1S/C15H22N4O/c1-18(2)11-5-6-19(9-11)14-7-10-3-4-15(20)17-13(10)8-12(14)16/h7-8,11H,3-6,9,16H2,1-2H3,(H,17,20). The van der Waals surface area contributed by atoms with Gasteiger partial charge in [0.2, 0.25) is 5.91 Å². The van der Waals surface area contributed by atoms with Crippen LogP contribution in [0.5, 0.6) is 0 Å². The molecule has 108 valence electrons. The zero-order valence-corrected chi connectivity index (χ0v) is 12.1. The van der Waals surface area contributed by atoms with Crippen LogP contribution in [0.15, 0.2) is 12.1 Å². The quantitative estimate of drug-likeness (QED) is 0.798. The highest BCUT2D eigenvalue weighted by Gasteiger charge is 2.26. The van der Waals surface area contributed by atoms with Gasteiger partial charge in [-0.3, -0.25) is 4.79 Å². The van der Waals surface area contributed by atoms with E-state index in [-0.39, 0.29) is 5.91 Å². The van der Waals surface area contributed by atoms with E-state index in [2.05, 4.69) is 35.3 Å². The molecule has 0 spiro atoms. The van der Waals surface area contributed by atoms with Crippen LogP contribution in [0.4, 0.5) is 17.1 Å². The van der Waals surface area contributed by atoms with Crippen molar-refractivity contribution in [2.45, 2.75) is 25.3 Å². The number of anilines is 3. The molecule has 1 atom stereocenters. The minimum absolute atomic E-state index is 0.0819. The fraction of sp³-hybridized carbons (Fsp3) is 0.533. The van der Waals surface area contributed by atoms with Crippen LogP contribution >= 0.6 is 0 Å². The molecule has 2 aliphatic rings. The van der Waals surface area contributed by atoms with Gasteiger partial charge in [0.1, 0.15) is 0 Å². The molecular formula is C15H22N4O. The number of amides is 1. The average Bonchev–Trinajstić information content (AvgIpc) is 2.87. The first-order valence-electron chi connectivity index (χ1n) is 7.18. The Hall–Kier alpha value is -1.75. The van der Waals surface area contributed by atoms with Gasteiger partial charge in [-0.2, -0.15) is 0 Å². The number of aryl methyl sites for hydroxylation is 1. The predicted octanol–water partition coefficient (Wildman–Crippen LogP) is 1.29. The van der Waals surface area contributed by atoms with Crippen LogP contribution in [-0.2, 0) is 11.2 Å². The lowest BCUT2D eigenvalue weighted by molar-refractivity contribution is -0.116. The highest BCUT2D eigenvalue weighted by molar-refractivity contribution is 5.95. The lowest BCUT2D eigenvalue weighted by atomic mass is 10.0. The molecule has 1 aromatic rings. The third kappa shape index (κ3) is 2.33. The van der Waals surface area contributed by atoms with Gasteiger partial charge < -0.3 is 20.9 Å². The molecule has 2 heterocycles. The maximum atomic E-state index is 11.4. The summed E-state index contributed by atoms with van der Waals surface area (Å²) in [7, 11) is 4.25. The molecule has 0 aromatic heterocycles. The van der Waals surface area contributed by atoms with Gasteiger partial charge in [0.25, 0.3) is 0 Å². The van der Waals surface area contributed by atoms with Crippen molar-refractivity contribution in [3.63, 3.8) is 0 Å². The molecule has 3 N–H and O–H groups in total. The van der Waals surface area contributed by atoms with Gasteiger partial charge in [0.15, 0.2) is 0 Å². The van der Waals surface area contributed by atoms with Crippen molar-refractivity contribution in [2.24, 2.45) is 0 Å². The molecule has 2 aliphatic heterocycles. The summed E-state index contributed by atoms with van der Waals surface area (Å²) in [6.07, 6.45) is 2.54. The van der Waals surface area contributed by atoms with Crippen LogP contribution in [0, 0.1) is 0 Å². The molecule has 1 amide bonds.